The van der Waals surface area contributed by atoms with Gasteiger partial charge in [0, 0.05) is 12.8 Å². The number of hydrogen-bond donors (Lipinski definition) is 1. The van der Waals surface area contributed by atoms with E-state index in [4.69, 9.17) is 9.84 Å². The SMILES string of the molecule is CCCCCCCCCCCCCCCCCCCCCCC(=O)OC(CCCCCC)CCCCCCC(=O)O. The number of carbonyl (C=O) groups is 2. The first kappa shape index (κ1) is 39.9. The Morgan fingerprint density at radius 2 is 0.732 bits per heavy atom. The summed E-state index contributed by atoms with van der Waals surface area (Å²) < 4.78 is 5.88. The molecule has 0 saturated heterocycles. The Bertz CT molecular complexity index is 547. The maximum absolute atomic E-state index is 12.5. The summed E-state index contributed by atoms with van der Waals surface area (Å²) in [6, 6.07) is 0. The fraction of sp³-hybridized carbons (Fsp3) is 0.946. The van der Waals surface area contributed by atoms with Crippen molar-refractivity contribution in [3.05, 3.63) is 0 Å². The minimum atomic E-state index is -0.710. The molecule has 0 spiro atoms. The Labute approximate surface area is 256 Å². The second kappa shape index (κ2) is 33.4. The average Bonchev–Trinajstić information content (AvgIpc) is 2.95. The molecule has 0 bridgehead atoms. The Hall–Kier alpha value is -1.06. The predicted octanol–water partition coefficient (Wildman–Crippen LogP) is 12.5. The van der Waals surface area contributed by atoms with E-state index >= 15 is 0 Å². The van der Waals surface area contributed by atoms with E-state index in [1.807, 2.05) is 0 Å². The van der Waals surface area contributed by atoms with Gasteiger partial charge in [-0.1, -0.05) is 168 Å². The van der Waals surface area contributed by atoms with Crippen molar-refractivity contribution in [2.75, 3.05) is 0 Å². The molecule has 0 aromatic carbocycles. The van der Waals surface area contributed by atoms with Crippen molar-refractivity contribution in [3.8, 4) is 0 Å². The van der Waals surface area contributed by atoms with Gasteiger partial charge in [0.25, 0.3) is 0 Å². The van der Waals surface area contributed by atoms with Gasteiger partial charge in [-0.05, 0) is 38.5 Å². The van der Waals surface area contributed by atoms with Crippen LogP contribution in [0.4, 0.5) is 0 Å². The molecule has 0 aromatic heterocycles. The lowest BCUT2D eigenvalue weighted by Gasteiger charge is -2.18. The minimum Gasteiger partial charge on any atom is -0.481 e. The van der Waals surface area contributed by atoms with E-state index in [1.54, 1.807) is 0 Å². The highest BCUT2D eigenvalue weighted by Gasteiger charge is 2.14. The normalized spacial score (nSPS) is 12.0. The summed E-state index contributed by atoms with van der Waals surface area (Å²) in [5.41, 5.74) is 0. The van der Waals surface area contributed by atoms with Crippen molar-refractivity contribution < 1.29 is 19.4 Å². The van der Waals surface area contributed by atoms with Gasteiger partial charge in [0.05, 0.1) is 0 Å². The largest absolute Gasteiger partial charge is 0.481 e. The topological polar surface area (TPSA) is 63.6 Å². The van der Waals surface area contributed by atoms with Crippen molar-refractivity contribution in [3.63, 3.8) is 0 Å². The second-order valence-electron chi connectivity index (χ2n) is 12.8. The molecule has 0 fully saturated rings. The van der Waals surface area contributed by atoms with Crippen LogP contribution in [-0.2, 0) is 14.3 Å². The third-order valence-electron chi connectivity index (χ3n) is 8.58. The van der Waals surface area contributed by atoms with E-state index in [0.717, 1.165) is 57.8 Å². The van der Waals surface area contributed by atoms with Gasteiger partial charge in [0.1, 0.15) is 6.10 Å². The van der Waals surface area contributed by atoms with Gasteiger partial charge in [0.15, 0.2) is 0 Å². The molecular formula is C37H72O4. The number of aliphatic carboxylic acids is 1. The first-order valence-corrected chi connectivity index (χ1v) is 18.5. The minimum absolute atomic E-state index is 0.0150. The Balaban J connectivity index is 3.61. The van der Waals surface area contributed by atoms with E-state index in [2.05, 4.69) is 13.8 Å². The molecule has 0 saturated carbocycles. The highest BCUT2D eigenvalue weighted by Crippen LogP contribution is 2.18. The van der Waals surface area contributed by atoms with E-state index in [9.17, 15) is 9.59 Å². The maximum Gasteiger partial charge on any atom is 0.306 e. The monoisotopic (exact) mass is 581 g/mol. The summed E-state index contributed by atoms with van der Waals surface area (Å²) in [5.74, 6) is -0.725. The molecule has 0 aromatic rings. The van der Waals surface area contributed by atoms with Gasteiger partial charge in [0.2, 0.25) is 0 Å². The lowest BCUT2D eigenvalue weighted by molar-refractivity contribution is -0.150. The molecule has 1 unspecified atom stereocenters. The molecule has 244 valence electrons. The van der Waals surface area contributed by atoms with Gasteiger partial charge in [-0.2, -0.15) is 0 Å². The summed E-state index contributed by atoms with van der Waals surface area (Å²) in [6.45, 7) is 4.51. The average molecular weight is 581 g/mol. The lowest BCUT2D eigenvalue weighted by Crippen LogP contribution is -2.18. The zero-order valence-electron chi connectivity index (χ0n) is 27.9. The fourth-order valence-electron chi connectivity index (χ4n) is 5.83. The van der Waals surface area contributed by atoms with Crippen molar-refractivity contribution in [1.82, 2.24) is 0 Å². The van der Waals surface area contributed by atoms with Crippen LogP contribution < -0.4 is 0 Å². The first-order chi connectivity index (χ1) is 20.1. The Morgan fingerprint density at radius 3 is 1.10 bits per heavy atom. The van der Waals surface area contributed by atoms with Crippen LogP contribution in [0.25, 0.3) is 0 Å². The molecule has 0 aliphatic heterocycles. The van der Waals surface area contributed by atoms with Gasteiger partial charge >= 0.3 is 11.9 Å². The zero-order valence-corrected chi connectivity index (χ0v) is 27.9. The van der Waals surface area contributed by atoms with Crippen LogP contribution in [0.2, 0.25) is 0 Å². The van der Waals surface area contributed by atoms with Crippen molar-refractivity contribution >= 4 is 11.9 Å². The molecule has 4 heteroatoms. The Kier molecular flexibility index (Phi) is 32.6. The van der Waals surface area contributed by atoms with Crippen LogP contribution in [0, 0.1) is 0 Å². The maximum atomic E-state index is 12.5. The zero-order chi connectivity index (χ0) is 30.1. The van der Waals surface area contributed by atoms with Gasteiger partial charge in [-0.25, -0.2) is 0 Å². The second-order valence-corrected chi connectivity index (χ2v) is 12.8. The highest BCUT2D eigenvalue weighted by molar-refractivity contribution is 5.69. The first-order valence-electron chi connectivity index (χ1n) is 18.5. The molecular weight excluding hydrogens is 508 g/mol. The van der Waals surface area contributed by atoms with Crippen LogP contribution in [-0.4, -0.2) is 23.1 Å². The summed E-state index contributed by atoms with van der Waals surface area (Å²) >= 11 is 0. The molecule has 0 amide bonds. The smallest absolute Gasteiger partial charge is 0.306 e. The number of carboxylic acid groups (broad SMARTS) is 1. The fourth-order valence-corrected chi connectivity index (χ4v) is 5.83. The van der Waals surface area contributed by atoms with E-state index < -0.39 is 5.97 Å². The molecule has 41 heavy (non-hydrogen) atoms. The standard InChI is InChI=1S/C37H72O4/c1-3-5-7-9-10-11-12-13-14-15-16-17-18-19-20-21-22-23-24-30-34-37(40)41-35(31-27-8-6-4-2)32-28-25-26-29-33-36(38)39/h35H,3-34H2,1-2H3,(H,38,39). The number of esters is 1. The number of hydrogen-bond acceptors (Lipinski definition) is 3. The van der Waals surface area contributed by atoms with E-state index in [1.165, 1.54) is 135 Å². The molecule has 1 atom stereocenters. The van der Waals surface area contributed by atoms with Gasteiger partial charge in [-0.3, -0.25) is 9.59 Å². The number of unbranched alkanes of at least 4 members (excludes halogenated alkanes) is 25. The highest BCUT2D eigenvalue weighted by atomic mass is 16.5. The number of carboxylic acids is 1. The van der Waals surface area contributed by atoms with Crippen LogP contribution in [0.5, 0.6) is 0 Å². The van der Waals surface area contributed by atoms with Crippen LogP contribution in [0.3, 0.4) is 0 Å². The van der Waals surface area contributed by atoms with Gasteiger partial charge in [-0.15, -0.1) is 0 Å². The van der Waals surface area contributed by atoms with E-state index in [0.29, 0.717) is 6.42 Å². The van der Waals surface area contributed by atoms with Crippen molar-refractivity contribution in [2.45, 2.75) is 225 Å². The summed E-state index contributed by atoms with van der Waals surface area (Å²) in [5, 5.41) is 8.77. The molecule has 0 rings (SSSR count). The molecule has 0 aliphatic rings. The lowest BCUT2D eigenvalue weighted by atomic mass is 10.0. The summed E-state index contributed by atoms with van der Waals surface area (Å²) in [4.78, 5) is 23.1. The van der Waals surface area contributed by atoms with Crippen LogP contribution >= 0.6 is 0 Å². The number of rotatable bonds is 34. The predicted molar refractivity (Wildman–Crippen MR) is 177 cm³/mol. The molecule has 0 aliphatic carbocycles. The van der Waals surface area contributed by atoms with Crippen LogP contribution in [0.15, 0.2) is 0 Å². The van der Waals surface area contributed by atoms with E-state index in [-0.39, 0.29) is 18.5 Å². The molecule has 0 radical (unpaired) electrons. The molecule has 1 N–H and O–H groups in total. The number of ether oxygens (including phenoxy) is 1. The summed E-state index contributed by atoms with van der Waals surface area (Å²) in [7, 11) is 0. The van der Waals surface area contributed by atoms with Crippen molar-refractivity contribution in [2.24, 2.45) is 0 Å². The third-order valence-corrected chi connectivity index (χ3v) is 8.58. The van der Waals surface area contributed by atoms with Crippen LogP contribution in [0.1, 0.15) is 219 Å². The van der Waals surface area contributed by atoms with Crippen molar-refractivity contribution in [1.29, 1.82) is 0 Å². The Morgan fingerprint density at radius 1 is 0.439 bits per heavy atom. The quantitative estimate of drug-likeness (QED) is 0.0607. The molecule has 4 nitrogen and oxygen atoms in total. The number of carbonyl (C=O) groups excluding carboxylic acids is 1. The third kappa shape index (κ3) is 33.3. The van der Waals surface area contributed by atoms with Gasteiger partial charge < -0.3 is 9.84 Å². The summed E-state index contributed by atoms with van der Waals surface area (Å²) in [6.07, 6.45) is 38.6. The molecule has 0 heterocycles.